The molecule has 0 aliphatic carbocycles. The van der Waals surface area contributed by atoms with Crippen LogP contribution in [0.4, 0.5) is 0 Å². The van der Waals surface area contributed by atoms with Crippen molar-refractivity contribution in [1.82, 2.24) is 20.1 Å². The molecule has 2 heterocycles. The molecule has 2 aromatic heterocycles. The largest absolute Gasteiger partial charge is 0.342 e. The number of nitrogens with one attached hydrogen (secondary N) is 1. The number of aromatic nitrogens is 3. The van der Waals surface area contributed by atoms with Gasteiger partial charge in [-0.1, -0.05) is 53.2 Å². The average molecular weight is 518 g/mol. The van der Waals surface area contributed by atoms with E-state index in [-0.39, 0.29) is 12.5 Å². The number of nitrogens with zero attached hydrogens (tertiary/aromatic N) is 3. The third-order valence-electron chi connectivity index (χ3n) is 5.77. The lowest BCUT2D eigenvalue weighted by molar-refractivity contribution is 0.0905. The lowest BCUT2D eigenvalue weighted by Crippen LogP contribution is -2.41. The molecular formula is C28H25Cl2N5O. The maximum absolute atomic E-state index is 13.5. The number of benzene rings is 2. The molecule has 0 saturated heterocycles. The smallest absolute Gasteiger partial charge is 0.272 e. The Labute approximate surface area is 220 Å². The summed E-state index contributed by atoms with van der Waals surface area (Å²) in [4.78, 5) is 17.7. The molecule has 0 aliphatic heterocycles. The molecule has 8 heteroatoms. The van der Waals surface area contributed by atoms with Crippen LogP contribution in [0.3, 0.4) is 0 Å². The van der Waals surface area contributed by atoms with Gasteiger partial charge in [-0.25, -0.2) is 4.68 Å². The summed E-state index contributed by atoms with van der Waals surface area (Å²) in [7, 11) is 0. The highest BCUT2D eigenvalue weighted by molar-refractivity contribution is 6.32. The van der Waals surface area contributed by atoms with Crippen LogP contribution >= 0.6 is 23.2 Å². The molecule has 6 nitrogen and oxygen atoms in total. The van der Waals surface area contributed by atoms with Gasteiger partial charge in [0.25, 0.3) is 5.91 Å². The SMILES string of the molecule is Cc1c(C(=O)NC(C)(C)c2cccnc2)nn(-c2ccc(C#CCN)cc2Cl)c1-c1ccc(Cl)cc1. The van der Waals surface area contributed by atoms with Gasteiger partial charge in [0, 0.05) is 34.1 Å². The van der Waals surface area contributed by atoms with Crippen LogP contribution in [-0.4, -0.2) is 27.2 Å². The minimum atomic E-state index is -0.664. The number of carbonyl (C=O) groups is 1. The molecule has 0 aliphatic rings. The Hall–Kier alpha value is -3.63. The third kappa shape index (κ3) is 5.29. The summed E-state index contributed by atoms with van der Waals surface area (Å²) >= 11 is 12.8. The highest BCUT2D eigenvalue weighted by Gasteiger charge is 2.28. The second-order valence-electron chi connectivity index (χ2n) is 8.73. The zero-order valence-electron chi connectivity index (χ0n) is 20.1. The van der Waals surface area contributed by atoms with Crippen LogP contribution < -0.4 is 11.1 Å². The van der Waals surface area contributed by atoms with Crippen molar-refractivity contribution in [2.75, 3.05) is 6.54 Å². The van der Waals surface area contributed by atoms with Gasteiger partial charge >= 0.3 is 0 Å². The Morgan fingerprint density at radius 3 is 2.53 bits per heavy atom. The fraction of sp³-hybridized carbons (Fsp3) is 0.179. The minimum absolute atomic E-state index is 0.256. The van der Waals surface area contributed by atoms with Crippen LogP contribution in [0.2, 0.25) is 10.0 Å². The van der Waals surface area contributed by atoms with Gasteiger partial charge in [-0.2, -0.15) is 5.10 Å². The van der Waals surface area contributed by atoms with Crippen LogP contribution in [0, 0.1) is 18.8 Å². The summed E-state index contributed by atoms with van der Waals surface area (Å²) in [5.74, 6) is 5.49. The van der Waals surface area contributed by atoms with E-state index in [0.717, 1.165) is 22.4 Å². The van der Waals surface area contributed by atoms with Gasteiger partial charge in [0.2, 0.25) is 0 Å². The molecule has 182 valence electrons. The topological polar surface area (TPSA) is 85.8 Å². The zero-order chi connectivity index (χ0) is 25.9. The van der Waals surface area contributed by atoms with E-state index < -0.39 is 5.54 Å². The number of amides is 1. The Morgan fingerprint density at radius 2 is 1.89 bits per heavy atom. The van der Waals surface area contributed by atoms with E-state index >= 15 is 0 Å². The molecular weight excluding hydrogens is 493 g/mol. The third-order valence-corrected chi connectivity index (χ3v) is 6.33. The number of rotatable bonds is 5. The highest BCUT2D eigenvalue weighted by Crippen LogP contribution is 2.33. The molecule has 2 aromatic carbocycles. The zero-order valence-corrected chi connectivity index (χ0v) is 21.7. The van der Waals surface area contributed by atoms with E-state index in [0.29, 0.717) is 27.0 Å². The Balaban J connectivity index is 1.82. The van der Waals surface area contributed by atoms with Gasteiger partial charge in [0.1, 0.15) is 0 Å². The van der Waals surface area contributed by atoms with Crippen molar-refractivity contribution in [3.63, 3.8) is 0 Å². The van der Waals surface area contributed by atoms with Gasteiger partial charge in [-0.15, -0.1) is 0 Å². The maximum Gasteiger partial charge on any atom is 0.272 e. The summed E-state index contributed by atoms with van der Waals surface area (Å²) in [5.41, 5.74) is 9.64. The molecule has 0 saturated carbocycles. The van der Waals surface area contributed by atoms with Crippen LogP contribution in [0.25, 0.3) is 16.9 Å². The summed E-state index contributed by atoms with van der Waals surface area (Å²) in [5, 5.41) is 8.87. The Bertz CT molecular complexity index is 1470. The maximum atomic E-state index is 13.5. The molecule has 0 radical (unpaired) electrons. The predicted molar refractivity (Wildman–Crippen MR) is 144 cm³/mol. The molecule has 4 aromatic rings. The van der Waals surface area contributed by atoms with Crippen molar-refractivity contribution in [3.05, 3.63) is 99.4 Å². The monoisotopic (exact) mass is 517 g/mol. The van der Waals surface area contributed by atoms with Crippen LogP contribution in [0.1, 0.15) is 41.0 Å². The molecule has 0 bridgehead atoms. The van der Waals surface area contributed by atoms with Gasteiger partial charge in [0.15, 0.2) is 5.69 Å². The normalized spacial score (nSPS) is 11.1. The van der Waals surface area contributed by atoms with Crippen molar-refractivity contribution in [3.8, 4) is 28.8 Å². The highest BCUT2D eigenvalue weighted by atomic mass is 35.5. The first-order valence-electron chi connectivity index (χ1n) is 11.3. The van der Waals surface area contributed by atoms with Gasteiger partial charge in [-0.05, 0) is 62.7 Å². The first kappa shape index (κ1) is 25.5. The minimum Gasteiger partial charge on any atom is -0.342 e. The fourth-order valence-corrected chi connectivity index (χ4v) is 4.28. The summed E-state index contributed by atoms with van der Waals surface area (Å²) in [6, 6.07) is 16.6. The second kappa shape index (κ2) is 10.5. The quantitative estimate of drug-likeness (QED) is 0.341. The second-order valence-corrected chi connectivity index (χ2v) is 9.58. The van der Waals surface area contributed by atoms with E-state index in [1.165, 1.54) is 0 Å². The molecule has 0 fully saturated rings. The summed E-state index contributed by atoms with van der Waals surface area (Å²) in [6.45, 7) is 5.97. The van der Waals surface area contributed by atoms with Crippen molar-refractivity contribution in [2.45, 2.75) is 26.3 Å². The number of halogens is 2. The number of carbonyl (C=O) groups excluding carboxylic acids is 1. The Morgan fingerprint density at radius 1 is 1.14 bits per heavy atom. The van der Waals surface area contributed by atoms with Gasteiger partial charge in [-0.3, -0.25) is 9.78 Å². The van der Waals surface area contributed by atoms with E-state index in [2.05, 4.69) is 22.1 Å². The van der Waals surface area contributed by atoms with E-state index in [1.54, 1.807) is 35.3 Å². The fourth-order valence-electron chi connectivity index (χ4n) is 3.89. The first-order valence-corrected chi connectivity index (χ1v) is 12.0. The standard InChI is InChI=1S/C28H25Cl2N5O/c1-18-25(27(36)33-28(2,3)21-7-5-15-32-17-21)34-35(26(18)20-9-11-22(29)12-10-20)24-13-8-19(6-4-14-31)16-23(24)30/h5,7-13,15-17H,14,31H2,1-3H3,(H,33,36). The van der Waals surface area contributed by atoms with Crippen LogP contribution in [0.5, 0.6) is 0 Å². The molecule has 36 heavy (non-hydrogen) atoms. The van der Waals surface area contributed by atoms with Crippen molar-refractivity contribution in [2.24, 2.45) is 5.73 Å². The molecule has 4 rings (SSSR count). The molecule has 0 atom stereocenters. The Kier molecular flexibility index (Phi) is 7.46. The van der Waals surface area contributed by atoms with Crippen LogP contribution in [-0.2, 0) is 5.54 Å². The summed E-state index contributed by atoms with van der Waals surface area (Å²) in [6.07, 6.45) is 3.43. The van der Waals surface area contributed by atoms with Crippen molar-refractivity contribution >= 4 is 29.1 Å². The molecule has 0 unspecified atom stereocenters. The average Bonchev–Trinajstić information content (AvgIpc) is 3.20. The number of hydrogen-bond donors (Lipinski definition) is 2. The van der Waals surface area contributed by atoms with Crippen LogP contribution in [0.15, 0.2) is 67.0 Å². The van der Waals surface area contributed by atoms with Gasteiger partial charge < -0.3 is 11.1 Å². The first-order chi connectivity index (χ1) is 17.2. The summed E-state index contributed by atoms with van der Waals surface area (Å²) < 4.78 is 1.69. The van der Waals surface area contributed by atoms with Crippen molar-refractivity contribution in [1.29, 1.82) is 0 Å². The molecule has 1 amide bonds. The number of nitrogens with two attached hydrogens (primary N) is 1. The van der Waals surface area contributed by atoms with E-state index in [4.69, 9.17) is 34.0 Å². The van der Waals surface area contributed by atoms with E-state index in [1.807, 2.05) is 57.2 Å². The van der Waals surface area contributed by atoms with Crippen molar-refractivity contribution < 1.29 is 4.79 Å². The molecule has 0 spiro atoms. The predicted octanol–water partition coefficient (Wildman–Crippen LogP) is 5.52. The lowest BCUT2D eigenvalue weighted by Gasteiger charge is -2.26. The molecule has 3 N–H and O–H groups in total. The van der Waals surface area contributed by atoms with E-state index in [9.17, 15) is 4.79 Å². The lowest BCUT2D eigenvalue weighted by atomic mass is 9.95. The van der Waals surface area contributed by atoms with Gasteiger partial charge in [0.05, 0.1) is 28.5 Å². The number of pyridine rings is 1. The number of hydrogen-bond acceptors (Lipinski definition) is 4.